The van der Waals surface area contributed by atoms with Gasteiger partial charge in [0.25, 0.3) is 0 Å². The molecule has 0 unspecified atom stereocenters. The highest BCUT2D eigenvalue weighted by molar-refractivity contribution is 8.76. The van der Waals surface area contributed by atoms with Gasteiger partial charge in [0.15, 0.2) is 0 Å². The Hall–Kier alpha value is -1.04. The minimum atomic E-state index is -3.47. The first-order valence-electron chi connectivity index (χ1n) is 7.76. The molecule has 0 aliphatic heterocycles. The first kappa shape index (κ1) is 21.3. The lowest BCUT2D eigenvalue weighted by Crippen LogP contribution is -2.26. The number of hydrogen-bond acceptors (Lipinski definition) is 6. The van der Waals surface area contributed by atoms with Crippen molar-refractivity contribution in [2.45, 2.75) is 9.79 Å². The molecular formula is C16H20N2O4S4. The topological polar surface area (TPSA) is 92.3 Å². The van der Waals surface area contributed by atoms with Crippen LogP contribution < -0.4 is 9.44 Å². The van der Waals surface area contributed by atoms with Crippen molar-refractivity contribution in [1.82, 2.24) is 9.44 Å². The van der Waals surface area contributed by atoms with Gasteiger partial charge in [-0.2, -0.15) is 0 Å². The number of sulfonamides is 2. The summed E-state index contributed by atoms with van der Waals surface area (Å²) in [6, 6.07) is 16.4. The number of rotatable bonds is 11. The predicted molar refractivity (Wildman–Crippen MR) is 108 cm³/mol. The van der Waals surface area contributed by atoms with E-state index in [4.69, 9.17) is 0 Å². The van der Waals surface area contributed by atoms with Crippen LogP contribution in [0.4, 0.5) is 0 Å². The number of nitrogens with one attached hydrogen (secondary N) is 2. The van der Waals surface area contributed by atoms with E-state index >= 15 is 0 Å². The Morgan fingerprint density at radius 3 is 1.31 bits per heavy atom. The van der Waals surface area contributed by atoms with Gasteiger partial charge in [-0.15, -0.1) is 0 Å². The fraction of sp³-hybridized carbons (Fsp3) is 0.250. The monoisotopic (exact) mass is 432 g/mol. The maximum absolute atomic E-state index is 12.0. The van der Waals surface area contributed by atoms with Gasteiger partial charge in [0.05, 0.1) is 9.79 Å². The molecule has 0 saturated carbocycles. The predicted octanol–water partition coefficient (Wildman–Crippen LogP) is 2.32. The molecule has 6 nitrogen and oxygen atoms in total. The Bertz CT molecular complexity index is 797. The maximum atomic E-state index is 12.0. The van der Waals surface area contributed by atoms with E-state index in [1.807, 2.05) is 0 Å². The Morgan fingerprint density at radius 1 is 0.615 bits per heavy atom. The highest BCUT2D eigenvalue weighted by Gasteiger charge is 2.13. The van der Waals surface area contributed by atoms with Crippen molar-refractivity contribution in [3.63, 3.8) is 0 Å². The normalized spacial score (nSPS) is 12.2. The maximum Gasteiger partial charge on any atom is 0.240 e. The largest absolute Gasteiger partial charge is 0.240 e. The second-order valence-corrected chi connectivity index (χ2v) is 11.3. The molecule has 2 N–H and O–H groups in total. The van der Waals surface area contributed by atoms with Crippen LogP contribution in [0, 0.1) is 0 Å². The van der Waals surface area contributed by atoms with Crippen molar-refractivity contribution in [2.75, 3.05) is 24.6 Å². The lowest BCUT2D eigenvalue weighted by Gasteiger charge is -2.07. The molecule has 0 aromatic heterocycles. The molecule has 0 bridgehead atoms. The Morgan fingerprint density at radius 2 is 0.962 bits per heavy atom. The summed E-state index contributed by atoms with van der Waals surface area (Å²) < 4.78 is 53.1. The summed E-state index contributed by atoms with van der Waals surface area (Å²) in [6.45, 7) is 0.620. The molecule has 0 amide bonds. The highest BCUT2D eigenvalue weighted by Crippen LogP contribution is 2.20. The van der Waals surface area contributed by atoms with E-state index in [-0.39, 0.29) is 9.79 Å². The van der Waals surface area contributed by atoms with E-state index in [0.717, 1.165) is 0 Å². The Kier molecular flexibility index (Phi) is 8.45. The third-order valence-corrected chi connectivity index (χ3v) is 8.51. The van der Waals surface area contributed by atoms with Gasteiger partial charge in [-0.05, 0) is 24.3 Å². The van der Waals surface area contributed by atoms with Gasteiger partial charge in [-0.3, -0.25) is 0 Å². The quantitative estimate of drug-likeness (QED) is 0.418. The van der Waals surface area contributed by atoms with Crippen LogP contribution in [-0.2, 0) is 20.0 Å². The molecule has 10 heteroatoms. The Labute approximate surface area is 162 Å². The van der Waals surface area contributed by atoms with Crippen molar-refractivity contribution < 1.29 is 16.8 Å². The van der Waals surface area contributed by atoms with Gasteiger partial charge >= 0.3 is 0 Å². The first-order chi connectivity index (χ1) is 12.4. The molecule has 0 heterocycles. The van der Waals surface area contributed by atoms with E-state index in [2.05, 4.69) is 9.44 Å². The summed E-state index contributed by atoms with van der Waals surface area (Å²) in [5.41, 5.74) is 0. The molecule has 2 aromatic carbocycles. The third kappa shape index (κ3) is 6.93. The molecule has 0 fully saturated rings. The fourth-order valence-electron chi connectivity index (χ4n) is 1.92. The van der Waals surface area contributed by atoms with Crippen molar-refractivity contribution in [2.24, 2.45) is 0 Å². The summed E-state index contributed by atoms with van der Waals surface area (Å²) in [6.07, 6.45) is 0. The van der Waals surface area contributed by atoms with Gasteiger partial charge in [0.2, 0.25) is 20.0 Å². The van der Waals surface area contributed by atoms with E-state index in [9.17, 15) is 16.8 Å². The zero-order valence-corrected chi connectivity index (χ0v) is 17.1. The summed E-state index contributed by atoms with van der Waals surface area (Å²) in [5.74, 6) is 1.17. The fourth-order valence-corrected chi connectivity index (χ4v) is 6.10. The average molecular weight is 433 g/mol. The van der Waals surface area contributed by atoms with Crippen molar-refractivity contribution >= 4 is 41.6 Å². The summed E-state index contributed by atoms with van der Waals surface area (Å²) in [4.78, 5) is 0.487. The molecule has 2 rings (SSSR count). The molecular weight excluding hydrogens is 412 g/mol. The van der Waals surface area contributed by atoms with Crippen LogP contribution in [0.3, 0.4) is 0 Å². The average Bonchev–Trinajstić information content (AvgIpc) is 2.65. The third-order valence-electron chi connectivity index (χ3n) is 3.15. The van der Waals surface area contributed by atoms with E-state index in [1.165, 1.54) is 21.6 Å². The standard InChI is InChI=1S/C16H20N2O4S4/c19-25(20,15-7-3-1-4-8-15)17-11-13-23-24-14-12-18-26(21,22)16-9-5-2-6-10-16/h1-10,17-18H,11-14H2. The molecule has 2 aromatic rings. The first-order valence-corrected chi connectivity index (χ1v) is 13.2. The van der Waals surface area contributed by atoms with Crippen molar-refractivity contribution in [3.8, 4) is 0 Å². The minimum Gasteiger partial charge on any atom is -0.210 e. The van der Waals surface area contributed by atoms with Gasteiger partial charge in [-0.1, -0.05) is 58.0 Å². The molecule has 142 valence electrons. The van der Waals surface area contributed by atoms with Crippen molar-refractivity contribution in [1.29, 1.82) is 0 Å². The molecule has 26 heavy (non-hydrogen) atoms. The zero-order chi connectivity index (χ0) is 18.9. The second kappa shape index (κ2) is 10.3. The van der Waals surface area contributed by atoms with Crippen LogP contribution in [0.1, 0.15) is 0 Å². The lowest BCUT2D eigenvalue weighted by atomic mass is 10.4. The minimum absolute atomic E-state index is 0.243. The van der Waals surface area contributed by atoms with Gasteiger partial charge in [0.1, 0.15) is 0 Å². The number of benzene rings is 2. The lowest BCUT2D eigenvalue weighted by molar-refractivity contribution is 0.582. The van der Waals surface area contributed by atoms with E-state index in [1.54, 1.807) is 60.7 Å². The summed E-state index contributed by atoms with van der Waals surface area (Å²) in [7, 11) is -3.96. The van der Waals surface area contributed by atoms with Crippen molar-refractivity contribution in [3.05, 3.63) is 60.7 Å². The van der Waals surface area contributed by atoms with Gasteiger partial charge in [-0.25, -0.2) is 26.3 Å². The van der Waals surface area contributed by atoms with Crippen LogP contribution in [0.25, 0.3) is 0 Å². The molecule has 0 aliphatic carbocycles. The molecule has 0 atom stereocenters. The Balaban J connectivity index is 1.60. The summed E-state index contributed by atoms with van der Waals surface area (Å²) in [5, 5.41) is 0. The van der Waals surface area contributed by atoms with Crippen LogP contribution in [-0.4, -0.2) is 41.4 Å². The SMILES string of the molecule is O=S(=O)(NCCSSCCNS(=O)(=O)c1ccccc1)c1ccccc1. The van der Waals surface area contributed by atoms with Crippen LogP contribution in [0.5, 0.6) is 0 Å². The highest BCUT2D eigenvalue weighted by atomic mass is 33.1. The molecule has 0 aliphatic rings. The second-order valence-electron chi connectivity index (χ2n) is 5.07. The molecule has 0 radical (unpaired) electrons. The molecule has 0 saturated heterocycles. The van der Waals surface area contributed by atoms with Crippen LogP contribution >= 0.6 is 21.6 Å². The van der Waals surface area contributed by atoms with Crippen LogP contribution in [0.2, 0.25) is 0 Å². The zero-order valence-electron chi connectivity index (χ0n) is 13.9. The van der Waals surface area contributed by atoms with E-state index < -0.39 is 20.0 Å². The van der Waals surface area contributed by atoms with Gasteiger partial charge < -0.3 is 0 Å². The smallest absolute Gasteiger partial charge is 0.210 e. The van der Waals surface area contributed by atoms with E-state index in [0.29, 0.717) is 24.6 Å². The molecule has 0 spiro atoms. The van der Waals surface area contributed by atoms with Gasteiger partial charge in [0, 0.05) is 24.6 Å². The summed E-state index contributed by atoms with van der Waals surface area (Å²) >= 11 is 0. The number of hydrogen-bond donors (Lipinski definition) is 2. The van der Waals surface area contributed by atoms with Crippen LogP contribution in [0.15, 0.2) is 70.5 Å².